The van der Waals surface area contributed by atoms with Crippen molar-refractivity contribution in [1.82, 2.24) is 15.1 Å². The first kappa shape index (κ1) is 15.5. The van der Waals surface area contributed by atoms with Crippen LogP contribution >= 0.6 is 0 Å². The molecule has 0 bridgehead atoms. The van der Waals surface area contributed by atoms with Gasteiger partial charge in [0.05, 0.1) is 0 Å². The summed E-state index contributed by atoms with van der Waals surface area (Å²) in [5.41, 5.74) is 1.45. The van der Waals surface area contributed by atoms with Crippen LogP contribution in [0.2, 0.25) is 0 Å². The molecule has 3 heteroatoms. The number of benzene rings is 1. The van der Waals surface area contributed by atoms with Crippen LogP contribution in [0.5, 0.6) is 0 Å². The van der Waals surface area contributed by atoms with Gasteiger partial charge in [-0.2, -0.15) is 0 Å². The van der Waals surface area contributed by atoms with Crippen LogP contribution in [0.4, 0.5) is 0 Å². The molecule has 2 rings (SSSR count). The standard InChI is InChI=1S/C17H29N3/c1-16(17-6-4-3-5-7-17)8-9-18-10-11-20-14-12-19(2)13-15-20/h3-7,16,18H,8-15H2,1-2H3. The van der Waals surface area contributed by atoms with Gasteiger partial charge in [-0.05, 0) is 31.5 Å². The van der Waals surface area contributed by atoms with E-state index in [-0.39, 0.29) is 0 Å². The van der Waals surface area contributed by atoms with Crippen LogP contribution in [0.15, 0.2) is 30.3 Å². The van der Waals surface area contributed by atoms with Crippen molar-refractivity contribution in [3.8, 4) is 0 Å². The molecule has 0 amide bonds. The van der Waals surface area contributed by atoms with Gasteiger partial charge in [0.25, 0.3) is 0 Å². The molecule has 1 unspecified atom stereocenters. The predicted octanol–water partition coefficient (Wildman–Crippen LogP) is 2.02. The normalized spacial score (nSPS) is 19.1. The molecular weight excluding hydrogens is 246 g/mol. The van der Waals surface area contributed by atoms with Crippen molar-refractivity contribution in [2.45, 2.75) is 19.3 Å². The van der Waals surface area contributed by atoms with Crippen molar-refractivity contribution in [2.75, 3.05) is 52.9 Å². The molecule has 1 aromatic carbocycles. The summed E-state index contributed by atoms with van der Waals surface area (Å²) in [4.78, 5) is 4.97. The van der Waals surface area contributed by atoms with E-state index in [0.29, 0.717) is 5.92 Å². The fraction of sp³-hybridized carbons (Fsp3) is 0.647. The van der Waals surface area contributed by atoms with E-state index in [4.69, 9.17) is 0 Å². The van der Waals surface area contributed by atoms with Gasteiger partial charge in [0.2, 0.25) is 0 Å². The van der Waals surface area contributed by atoms with Crippen LogP contribution in [0, 0.1) is 0 Å². The number of likely N-dealkylation sites (N-methyl/N-ethyl adjacent to an activating group) is 1. The smallest absolute Gasteiger partial charge is 0.0110 e. The molecule has 0 spiro atoms. The van der Waals surface area contributed by atoms with Crippen LogP contribution in [-0.4, -0.2) is 62.7 Å². The lowest BCUT2D eigenvalue weighted by molar-refractivity contribution is 0.155. The average molecular weight is 275 g/mol. The first-order valence-electron chi connectivity index (χ1n) is 7.92. The van der Waals surface area contributed by atoms with Gasteiger partial charge in [0.15, 0.2) is 0 Å². The molecule has 20 heavy (non-hydrogen) atoms. The summed E-state index contributed by atoms with van der Waals surface area (Å²) < 4.78 is 0. The SMILES string of the molecule is CC(CCNCCN1CCN(C)CC1)c1ccccc1. The molecule has 1 aliphatic rings. The number of hydrogen-bond acceptors (Lipinski definition) is 3. The Hall–Kier alpha value is -0.900. The topological polar surface area (TPSA) is 18.5 Å². The van der Waals surface area contributed by atoms with Crippen molar-refractivity contribution in [3.05, 3.63) is 35.9 Å². The van der Waals surface area contributed by atoms with E-state index in [1.165, 1.54) is 44.7 Å². The van der Waals surface area contributed by atoms with Gasteiger partial charge in [-0.3, -0.25) is 4.90 Å². The van der Waals surface area contributed by atoms with Crippen molar-refractivity contribution in [2.24, 2.45) is 0 Å². The third-order valence-electron chi connectivity index (χ3n) is 4.32. The van der Waals surface area contributed by atoms with Crippen molar-refractivity contribution < 1.29 is 0 Å². The summed E-state index contributed by atoms with van der Waals surface area (Å²) in [6.45, 7) is 10.6. The van der Waals surface area contributed by atoms with Gasteiger partial charge >= 0.3 is 0 Å². The lowest BCUT2D eigenvalue weighted by atomic mass is 9.98. The summed E-state index contributed by atoms with van der Waals surface area (Å²) in [6, 6.07) is 10.8. The number of nitrogens with zero attached hydrogens (tertiary/aromatic N) is 2. The highest BCUT2D eigenvalue weighted by Crippen LogP contribution is 2.17. The Morgan fingerprint density at radius 1 is 1.05 bits per heavy atom. The van der Waals surface area contributed by atoms with Gasteiger partial charge in [-0.1, -0.05) is 37.3 Å². The highest BCUT2D eigenvalue weighted by Gasteiger charge is 2.12. The first-order chi connectivity index (χ1) is 9.75. The maximum absolute atomic E-state index is 3.59. The average Bonchev–Trinajstić information content (AvgIpc) is 2.49. The second kappa shape index (κ2) is 8.40. The van der Waals surface area contributed by atoms with Gasteiger partial charge in [-0.15, -0.1) is 0 Å². The monoisotopic (exact) mass is 275 g/mol. The van der Waals surface area contributed by atoms with Crippen LogP contribution < -0.4 is 5.32 Å². The summed E-state index contributed by atoms with van der Waals surface area (Å²) >= 11 is 0. The Morgan fingerprint density at radius 3 is 2.45 bits per heavy atom. The van der Waals surface area contributed by atoms with Crippen molar-refractivity contribution in [3.63, 3.8) is 0 Å². The molecule has 3 nitrogen and oxygen atoms in total. The van der Waals surface area contributed by atoms with Crippen LogP contribution in [0.1, 0.15) is 24.8 Å². The Morgan fingerprint density at radius 2 is 1.75 bits per heavy atom. The third-order valence-corrected chi connectivity index (χ3v) is 4.32. The highest BCUT2D eigenvalue weighted by molar-refractivity contribution is 5.18. The Balaban J connectivity index is 1.53. The van der Waals surface area contributed by atoms with E-state index in [9.17, 15) is 0 Å². The number of hydrogen-bond donors (Lipinski definition) is 1. The minimum atomic E-state index is 0.646. The van der Waals surface area contributed by atoms with E-state index in [1.807, 2.05) is 0 Å². The van der Waals surface area contributed by atoms with Crippen LogP contribution in [0.25, 0.3) is 0 Å². The zero-order valence-electron chi connectivity index (χ0n) is 13.0. The lowest BCUT2D eigenvalue weighted by Gasteiger charge is -2.32. The molecule has 1 aliphatic heterocycles. The second-order valence-electron chi connectivity index (χ2n) is 6.00. The van der Waals surface area contributed by atoms with Crippen LogP contribution in [-0.2, 0) is 0 Å². The Labute approximate surface area is 124 Å². The molecule has 0 aromatic heterocycles. The summed E-state index contributed by atoms with van der Waals surface area (Å²) in [5, 5.41) is 3.59. The number of nitrogens with one attached hydrogen (secondary N) is 1. The Bertz CT molecular complexity index is 358. The van der Waals surface area contributed by atoms with Gasteiger partial charge in [0.1, 0.15) is 0 Å². The molecule has 0 aliphatic carbocycles. The molecule has 1 fully saturated rings. The lowest BCUT2D eigenvalue weighted by Crippen LogP contribution is -2.46. The molecule has 1 atom stereocenters. The fourth-order valence-electron chi connectivity index (χ4n) is 2.70. The molecule has 1 aromatic rings. The summed E-state index contributed by atoms with van der Waals surface area (Å²) in [5.74, 6) is 0.646. The minimum absolute atomic E-state index is 0.646. The number of rotatable bonds is 7. The van der Waals surface area contributed by atoms with Gasteiger partial charge in [0, 0.05) is 39.3 Å². The fourth-order valence-corrected chi connectivity index (χ4v) is 2.70. The van der Waals surface area contributed by atoms with E-state index >= 15 is 0 Å². The molecule has 1 heterocycles. The quantitative estimate of drug-likeness (QED) is 0.768. The van der Waals surface area contributed by atoms with Crippen LogP contribution in [0.3, 0.4) is 0 Å². The molecular formula is C17H29N3. The largest absolute Gasteiger partial charge is 0.315 e. The molecule has 0 saturated carbocycles. The molecule has 0 radical (unpaired) electrons. The van der Waals surface area contributed by atoms with Crippen molar-refractivity contribution in [1.29, 1.82) is 0 Å². The zero-order chi connectivity index (χ0) is 14.2. The maximum atomic E-state index is 3.59. The van der Waals surface area contributed by atoms with Gasteiger partial charge < -0.3 is 10.2 Å². The number of piperazine rings is 1. The predicted molar refractivity (Wildman–Crippen MR) is 86.3 cm³/mol. The van der Waals surface area contributed by atoms with Crippen molar-refractivity contribution >= 4 is 0 Å². The zero-order valence-corrected chi connectivity index (χ0v) is 13.0. The molecule has 1 saturated heterocycles. The maximum Gasteiger partial charge on any atom is 0.0110 e. The summed E-state index contributed by atoms with van der Waals surface area (Å²) in [6.07, 6.45) is 1.22. The van der Waals surface area contributed by atoms with E-state index in [2.05, 4.69) is 59.4 Å². The third kappa shape index (κ3) is 5.23. The van der Waals surface area contributed by atoms with E-state index < -0.39 is 0 Å². The second-order valence-corrected chi connectivity index (χ2v) is 6.00. The molecule has 112 valence electrons. The highest BCUT2D eigenvalue weighted by atomic mass is 15.2. The Kier molecular flexibility index (Phi) is 6.51. The van der Waals surface area contributed by atoms with E-state index in [0.717, 1.165) is 13.1 Å². The minimum Gasteiger partial charge on any atom is -0.315 e. The summed E-state index contributed by atoms with van der Waals surface area (Å²) in [7, 11) is 2.21. The molecule has 1 N–H and O–H groups in total. The van der Waals surface area contributed by atoms with Gasteiger partial charge in [-0.25, -0.2) is 0 Å². The van der Waals surface area contributed by atoms with E-state index in [1.54, 1.807) is 0 Å². The first-order valence-corrected chi connectivity index (χ1v) is 7.92.